The molecule has 3 aromatic rings. The Morgan fingerprint density at radius 3 is 2.40 bits per heavy atom. The third-order valence-electron chi connectivity index (χ3n) is 4.96. The number of halogens is 1. The molecular weight excluding hydrogens is 397 g/mol. The number of morpholine rings is 1. The largest absolute Gasteiger partial charge is 0.496 e. The van der Waals surface area contributed by atoms with Gasteiger partial charge in [-0.2, -0.15) is 0 Å². The first-order valence-electron chi connectivity index (χ1n) is 10.1. The first-order valence-corrected chi connectivity index (χ1v) is 10.5. The maximum absolute atomic E-state index is 13.7. The second-order valence-corrected chi connectivity index (χ2v) is 7.66. The topological polar surface area (TPSA) is 21.7 Å². The molecule has 1 heterocycles. The number of thiol groups is 1. The van der Waals surface area contributed by atoms with E-state index in [4.69, 9.17) is 9.47 Å². The second kappa shape index (κ2) is 11.7. The third kappa shape index (κ3) is 6.87. The molecule has 0 spiro atoms. The number of benzene rings is 3. The van der Waals surface area contributed by atoms with Crippen LogP contribution in [0.3, 0.4) is 0 Å². The predicted molar refractivity (Wildman–Crippen MR) is 122 cm³/mol. The molecule has 0 N–H and O–H groups in total. The maximum Gasteiger partial charge on any atom is 0.132 e. The lowest BCUT2D eigenvalue weighted by Crippen LogP contribution is -2.42. The first kappa shape index (κ1) is 22.3. The molecule has 0 radical (unpaired) electrons. The summed E-state index contributed by atoms with van der Waals surface area (Å²) in [5.41, 5.74) is 2.05. The summed E-state index contributed by atoms with van der Waals surface area (Å²) in [6.07, 6.45) is 0.706. The standard InChI is InChI=1S/C18H20FNO.C7H8OS/c19-18-9-5-4-8-16(18)12-17-14-20(10-11-21-17)13-15-6-2-1-3-7-15;1-8-6-4-2-3-5-7(6)9/h1-9,17H,10-14H2;2-5,9H,1H3. The normalized spacial score (nSPS) is 16.4. The number of methoxy groups -OCH3 is 1. The van der Waals surface area contributed by atoms with Gasteiger partial charge in [0.1, 0.15) is 11.6 Å². The third-order valence-corrected chi connectivity index (χ3v) is 5.33. The van der Waals surface area contributed by atoms with Gasteiger partial charge in [0.25, 0.3) is 0 Å². The molecule has 1 atom stereocenters. The molecule has 0 amide bonds. The van der Waals surface area contributed by atoms with Crippen molar-refractivity contribution in [2.24, 2.45) is 0 Å². The maximum atomic E-state index is 13.7. The molecule has 1 saturated heterocycles. The molecule has 1 aliphatic heterocycles. The van der Waals surface area contributed by atoms with Crippen LogP contribution in [0.4, 0.5) is 4.39 Å². The molecular formula is C25H28FNO2S. The number of hydrogen-bond donors (Lipinski definition) is 1. The number of hydrogen-bond acceptors (Lipinski definition) is 4. The van der Waals surface area contributed by atoms with Crippen molar-refractivity contribution in [3.8, 4) is 5.75 Å². The van der Waals surface area contributed by atoms with Crippen LogP contribution in [-0.2, 0) is 17.7 Å². The Hall–Kier alpha value is -2.34. The Morgan fingerprint density at radius 1 is 1.00 bits per heavy atom. The fraction of sp³-hybridized carbons (Fsp3) is 0.280. The molecule has 0 saturated carbocycles. The van der Waals surface area contributed by atoms with Gasteiger partial charge in [0.05, 0.1) is 19.8 Å². The van der Waals surface area contributed by atoms with E-state index in [0.717, 1.165) is 35.8 Å². The van der Waals surface area contributed by atoms with Gasteiger partial charge in [0.2, 0.25) is 0 Å². The Morgan fingerprint density at radius 2 is 1.70 bits per heavy atom. The van der Waals surface area contributed by atoms with Crippen molar-refractivity contribution >= 4 is 12.6 Å². The lowest BCUT2D eigenvalue weighted by Gasteiger charge is -2.33. The van der Waals surface area contributed by atoms with Gasteiger partial charge in [-0.3, -0.25) is 4.90 Å². The van der Waals surface area contributed by atoms with E-state index in [0.29, 0.717) is 13.0 Å². The van der Waals surface area contributed by atoms with E-state index >= 15 is 0 Å². The zero-order valence-corrected chi connectivity index (χ0v) is 18.1. The highest BCUT2D eigenvalue weighted by Crippen LogP contribution is 2.20. The van der Waals surface area contributed by atoms with Gasteiger partial charge in [-0.1, -0.05) is 60.7 Å². The van der Waals surface area contributed by atoms with Gasteiger partial charge in [-0.15, -0.1) is 12.6 Å². The van der Waals surface area contributed by atoms with E-state index in [9.17, 15) is 4.39 Å². The molecule has 3 nitrogen and oxygen atoms in total. The Bertz CT molecular complexity index is 906. The van der Waals surface area contributed by atoms with Gasteiger partial charge >= 0.3 is 0 Å². The minimum absolute atomic E-state index is 0.0689. The fourth-order valence-corrected chi connectivity index (χ4v) is 3.68. The molecule has 0 aromatic heterocycles. The van der Waals surface area contributed by atoms with Crippen LogP contribution in [0.15, 0.2) is 83.8 Å². The number of para-hydroxylation sites is 1. The molecule has 1 aliphatic rings. The van der Waals surface area contributed by atoms with E-state index < -0.39 is 0 Å². The number of nitrogens with zero attached hydrogens (tertiary/aromatic N) is 1. The van der Waals surface area contributed by atoms with Crippen molar-refractivity contribution in [2.45, 2.75) is 24.0 Å². The summed E-state index contributed by atoms with van der Waals surface area (Å²) >= 11 is 4.15. The number of rotatable bonds is 5. The van der Waals surface area contributed by atoms with Crippen LogP contribution in [0.1, 0.15) is 11.1 Å². The zero-order valence-electron chi connectivity index (χ0n) is 17.2. The van der Waals surface area contributed by atoms with Crippen LogP contribution in [0.5, 0.6) is 5.75 Å². The Labute approximate surface area is 183 Å². The van der Waals surface area contributed by atoms with Crippen molar-refractivity contribution in [3.05, 3.63) is 95.8 Å². The SMILES string of the molecule is COc1ccccc1S.Fc1ccccc1CC1CN(Cc2ccccc2)CCO1. The van der Waals surface area contributed by atoms with Gasteiger partial charge in [-0.05, 0) is 29.3 Å². The monoisotopic (exact) mass is 425 g/mol. The fourth-order valence-electron chi connectivity index (χ4n) is 3.43. The highest BCUT2D eigenvalue weighted by molar-refractivity contribution is 7.80. The molecule has 0 bridgehead atoms. The highest BCUT2D eigenvalue weighted by Gasteiger charge is 2.21. The highest BCUT2D eigenvalue weighted by atomic mass is 32.1. The average Bonchev–Trinajstić information content (AvgIpc) is 2.77. The van der Waals surface area contributed by atoms with E-state index in [-0.39, 0.29) is 11.9 Å². The molecule has 1 fully saturated rings. The molecule has 1 unspecified atom stereocenters. The minimum Gasteiger partial charge on any atom is -0.496 e. The summed E-state index contributed by atoms with van der Waals surface area (Å²) in [5, 5.41) is 0. The van der Waals surface area contributed by atoms with Crippen molar-refractivity contribution in [3.63, 3.8) is 0 Å². The summed E-state index contributed by atoms with van der Waals surface area (Å²) in [5.74, 6) is 0.683. The summed E-state index contributed by atoms with van der Waals surface area (Å²) in [7, 11) is 1.63. The van der Waals surface area contributed by atoms with Crippen molar-refractivity contribution < 1.29 is 13.9 Å². The molecule has 4 rings (SSSR count). The van der Waals surface area contributed by atoms with Crippen LogP contribution in [0.2, 0.25) is 0 Å². The summed E-state index contributed by atoms with van der Waals surface area (Å²) in [6, 6.07) is 25.0. The van der Waals surface area contributed by atoms with Crippen LogP contribution in [-0.4, -0.2) is 37.8 Å². The second-order valence-electron chi connectivity index (χ2n) is 7.18. The van der Waals surface area contributed by atoms with Crippen molar-refractivity contribution in [1.82, 2.24) is 4.90 Å². The molecule has 3 aromatic carbocycles. The molecule has 5 heteroatoms. The predicted octanol–water partition coefficient (Wildman–Crippen LogP) is 5.25. The first-order chi connectivity index (χ1) is 14.7. The van der Waals surface area contributed by atoms with Crippen LogP contribution in [0, 0.1) is 5.82 Å². The Balaban J connectivity index is 0.000000239. The van der Waals surface area contributed by atoms with E-state index in [1.807, 2.05) is 42.5 Å². The lowest BCUT2D eigenvalue weighted by molar-refractivity contribution is -0.0308. The van der Waals surface area contributed by atoms with Gasteiger partial charge in [-0.25, -0.2) is 4.39 Å². The van der Waals surface area contributed by atoms with Gasteiger partial charge in [0, 0.05) is 31.0 Å². The Kier molecular flexibility index (Phi) is 8.75. The molecule has 0 aliphatic carbocycles. The summed E-state index contributed by atoms with van der Waals surface area (Å²) in [4.78, 5) is 3.25. The molecule has 158 valence electrons. The van der Waals surface area contributed by atoms with E-state index in [2.05, 4.69) is 41.8 Å². The van der Waals surface area contributed by atoms with Gasteiger partial charge < -0.3 is 9.47 Å². The quantitative estimate of drug-likeness (QED) is 0.564. The van der Waals surface area contributed by atoms with Gasteiger partial charge in [0.15, 0.2) is 0 Å². The van der Waals surface area contributed by atoms with E-state index in [1.54, 1.807) is 13.2 Å². The van der Waals surface area contributed by atoms with Crippen LogP contribution >= 0.6 is 12.6 Å². The van der Waals surface area contributed by atoms with Crippen molar-refractivity contribution in [1.29, 1.82) is 0 Å². The summed E-state index contributed by atoms with van der Waals surface area (Å²) in [6.45, 7) is 3.43. The van der Waals surface area contributed by atoms with Crippen LogP contribution in [0.25, 0.3) is 0 Å². The lowest BCUT2D eigenvalue weighted by atomic mass is 10.1. The van der Waals surface area contributed by atoms with E-state index in [1.165, 1.54) is 11.6 Å². The smallest absolute Gasteiger partial charge is 0.132 e. The van der Waals surface area contributed by atoms with Crippen molar-refractivity contribution in [2.75, 3.05) is 26.8 Å². The number of ether oxygens (including phenoxy) is 2. The zero-order chi connectivity index (χ0) is 21.2. The van der Waals surface area contributed by atoms with Crippen LogP contribution < -0.4 is 4.74 Å². The average molecular weight is 426 g/mol. The molecule has 30 heavy (non-hydrogen) atoms. The summed E-state index contributed by atoms with van der Waals surface area (Å²) < 4.78 is 24.5. The minimum atomic E-state index is -0.138.